The monoisotopic (exact) mass is 301 g/mol. The normalized spacial score (nSPS) is 9.76. The SMILES string of the molecule is Cc1ccccc1NC(=S)NNC(=O)c1cccc(O)c1. The zero-order valence-corrected chi connectivity index (χ0v) is 12.2. The number of nitrogens with one attached hydrogen (secondary N) is 3. The average Bonchev–Trinajstić information content (AvgIpc) is 2.47. The molecular formula is C15H15N3O2S. The van der Waals surface area contributed by atoms with Gasteiger partial charge in [0, 0.05) is 11.3 Å². The second kappa shape index (κ2) is 6.71. The lowest BCUT2D eigenvalue weighted by atomic mass is 10.2. The number of carbonyl (C=O) groups is 1. The molecule has 0 bridgehead atoms. The van der Waals surface area contributed by atoms with Crippen molar-refractivity contribution in [3.05, 3.63) is 59.7 Å². The van der Waals surface area contributed by atoms with Gasteiger partial charge in [-0.2, -0.15) is 0 Å². The second-order valence-electron chi connectivity index (χ2n) is 4.40. The van der Waals surface area contributed by atoms with Gasteiger partial charge in [-0.3, -0.25) is 15.6 Å². The summed E-state index contributed by atoms with van der Waals surface area (Å²) in [6, 6.07) is 13.7. The lowest BCUT2D eigenvalue weighted by Gasteiger charge is -2.13. The molecule has 4 N–H and O–H groups in total. The number of phenols is 1. The molecule has 0 aromatic heterocycles. The highest BCUT2D eigenvalue weighted by molar-refractivity contribution is 7.80. The lowest BCUT2D eigenvalue weighted by molar-refractivity contribution is 0.0944. The van der Waals surface area contributed by atoms with Gasteiger partial charge in [-0.1, -0.05) is 24.3 Å². The van der Waals surface area contributed by atoms with E-state index in [9.17, 15) is 9.90 Å². The van der Waals surface area contributed by atoms with Crippen LogP contribution in [-0.4, -0.2) is 16.1 Å². The Bertz CT molecular complexity index is 673. The van der Waals surface area contributed by atoms with Crippen LogP contribution in [0.3, 0.4) is 0 Å². The molecule has 6 heteroatoms. The van der Waals surface area contributed by atoms with Gasteiger partial charge in [0.25, 0.3) is 5.91 Å². The topological polar surface area (TPSA) is 73.4 Å². The number of rotatable bonds is 2. The molecule has 0 atom stereocenters. The molecule has 0 saturated heterocycles. The van der Waals surface area contributed by atoms with Gasteiger partial charge >= 0.3 is 0 Å². The zero-order valence-electron chi connectivity index (χ0n) is 11.4. The Morgan fingerprint density at radius 3 is 2.57 bits per heavy atom. The summed E-state index contributed by atoms with van der Waals surface area (Å²) in [7, 11) is 0. The Morgan fingerprint density at radius 2 is 1.86 bits per heavy atom. The maximum absolute atomic E-state index is 11.8. The number of hydrogen-bond acceptors (Lipinski definition) is 3. The first kappa shape index (κ1) is 14.8. The molecule has 108 valence electrons. The minimum Gasteiger partial charge on any atom is -0.508 e. The van der Waals surface area contributed by atoms with Crippen LogP contribution in [0.25, 0.3) is 0 Å². The fraction of sp³-hybridized carbons (Fsp3) is 0.0667. The first-order valence-corrected chi connectivity index (χ1v) is 6.69. The third-order valence-electron chi connectivity index (χ3n) is 2.79. The molecule has 0 aliphatic rings. The molecule has 5 nitrogen and oxygen atoms in total. The Balaban J connectivity index is 1.90. The van der Waals surface area contributed by atoms with Crippen molar-refractivity contribution in [3.63, 3.8) is 0 Å². The molecule has 0 fully saturated rings. The van der Waals surface area contributed by atoms with Crippen LogP contribution in [0.2, 0.25) is 0 Å². The van der Waals surface area contributed by atoms with Crippen molar-refractivity contribution < 1.29 is 9.90 Å². The molecule has 21 heavy (non-hydrogen) atoms. The molecule has 2 rings (SSSR count). The van der Waals surface area contributed by atoms with E-state index >= 15 is 0 Å². The van der Waals surface area contributed by atoms with Crippen molar-refractivity contribution in [3.8, 4) is 5.75 Å². The number of phenolic OH excluding ortho intramolecular Hbond substituents is 1. The third-order valence-corrected chi connectivity index (χ3v) is 3.00. The van der Waals surface area contributed by atoms with Crippen molar-refractivity contribution in [2.45, 2.75) is 6.92 Å². The minimum absolute atomic E-state index is 0.0308. The molecule has 0 radical (unpaired) electrons. The highest BCUT2D eigenvalue weighted by atomic mass is 32.1. The summed E-state index contributed by atoms with van der Waals surface area (Å²) in [6.45, 7) is 1.95. The number of aromatic hydroxyl groups is 1. The van der Waals surface area contributed by atoms with E-state index in [1.54, 1.807) is 12.1 Å². The predicted octanol–water partition coefficient (Wildman–Crippen LogP) is 2.33. The maximum Gasteiger partial charge on any atom is 0.269 e. The molecule has 2 aromatic carbocycles. The quantitative estimate of drug-likeness (QED) is 0.506. The van der Waals surface area contributed by atoms with E-state index in [1.165, 1.54) is 12.1 Å². The number of amides is 1. The molecular weight excluding hydrogens is 286 g/mol. The van der Waals surface area contributed by atoms with E-state index in [0.717, 1.165) is 11.3 Å². The van der Waals surface area contributed by atoms with Gasteiger partial charge in [0.1, 0.15) is 5.75 Å². The summed E-state index contributed by atoms with van der Waals surface area (Å²) in [6.07, 6.45) is 0. The Kier molecular flexibility index (Phi) is 4.73. The molecule has 0 unspecified atom stereocenters. The standard InChI is InChI=1S/C15H15N3O2S/c1-10-5-2-3-8-13(10)16-15(21)18-17-14(20)11-6-4-7-12(19)9-11/h2-9,19H,1H3,(H,17,20)(H2,16,18,21). The largest absolute Gasteiger partial charge is 0.508 e. The van der Waals surface area contributed by atoms with Gasteiger partial charge in [0.2, 0.25) is 0 Å². The highest BCUT2D eigenvalue weighted by Gasteiger charge is 2.06. The van der Waals surface area contributed by atoms with E-state index in [1.807, 2.05) is 31.2 Å². The van der Waals surface area contributed by atoms with E-state index in [-0.39, 0.29) is 16.8 Å². The lowest BCUT2D eigenvalue weighted by Crippen LogP contribution is -2.43. The Hall–Kier alpha value is -2.60. The molecule has 0 aliphatic carbocycles. The number of hydrogen-bond donors (Lipinski definition) is 4. The Morgan fingerprint density at radius 1 is 1.10 bits per heavy atom. The first-order valence-electron chi connectivity index (χ1n) is 6.28. The van der Waals surface area contributed by atoms with Crippen LogP contribution in [-0.2, 0) is 0 Å². The van der Waals surface area contributed by atoms with Crippen LogP contribution in [0.4, 0.5) is 5.69 Å². The van der Waals surface area contributed by atoms with Gasteiger partial charge in [0.15, 0.2) is 5.11 Å². The van der Waals surface area contributed by atoms with Crippen molar-refractivity contribution in [2.24, 2.45) is 0 Å². The molecule has 0 heterocycles. The number of anilines is 1. The number of aryl methyl sites for hydroxylation is 1. The summed E-state index contributed by atoms with van der Waals surface area (Å²) < 4.78 is 0. The molecule has 1 amide bonds. The summed E-state index contributed by atoms with van der Waals surface area (Å²) in [5.41, 5.74) is 7.32. The van der Waals surface area contributed by atoms with Crippen molar-refractivity contribution in [2.75, 3.05) is 5.32 Å². The van der Waals surface area contributed by atoms with Gasteiger partial charge < -0.3 is 10.4 Å². The maximum atomic E-state index is 11.8. The fourth-order valence-corrected chi connectivity index (χ4v) is 1.86. The summed E-state index contributed by atoms with van der Waals surface area (Å²) in [4.78, 5) is 11.8. The molecule has 0 spiro atoms. The van der Waals surface area contributed by atoms with Crippen LogP contribution in [0.5, 0.6) is 5.75 Å². The van der Waals surface area contributed by atoms with Crippen molar-refractivity contribution in [1.82, 2.24) is 10.9 Å². The minimum atomic E-state index is -0.389. The van der Waals surface area contributed by atoms with Crippen LogP contribution in [0.15, 0.2) is 48.5 Å². The third kappa shape index (κ3) is 4.19. The molecule has 0 aliphatic heterocycles. The number of thiocarbonyl (C=S) groups is 1. The summed E-state index contributed by atoms with van der Waals surface area (Å²) in [5, 5.41) is 12.6. The van der Waals surface area contributed by atoms with Crippen LogP contribution in [0.1, 0.15) is 15.9 Å². The average molecular weight is 301 g/mol. The van der Waals surface area contributed by atoms with Crippen molar-refractivity contribution >= 4 is 28.9 Å². The molecule has 0 saturated carbocycles. The van der Waals surface area contributed by atoms with Gasteiger partial charge in [0.05, 0.1) is 0 Å². The van der Waals surface area contributed by atoms with Crippen LogP contribution in [0, 0.1) is 6.92 Å². The van der Waals surface area contributed by atoms with Crippen molar-refractivity contribution in [1.29, 1.82) is 0 Å². The van der Waals surface area contributed by atoms with E-state index in [4.69, 9.17) is 12.2 Å². The number of benzene rings is 2. The van der Waals surface area contributed by atoms with E-state index in [2.05, 4.69) is 16.2 Å². The van der Waals surface area contributed by atoms with E-state index < -0.39 is 0 Å². The predicted molar refractivity (Wildman–Crippen MR) is 86.1 cm³/mol. The first-order chi connectivity index (χ1) is 10.1. The van der Waals surface area contributed by atoms with Crippen LogP contribution >= 0.6 is 12.2 Å². The van der Waals surface area contributed by atoms with Gasteiger partial charge in [-0.05, 0) is 49.0 Å². The number of para-hydroxylation sites is 1. The zero-order chi connectivity index (χ0) is 15.2. The summed E-state index contributed by atoms with van der Waals surface area (Å²) >= 11 is 5.10. The molecule has 2 aromatic rings. The number of carbonyl (C=O) groups excluding carboxylic acids is 1. The highest BCUT2D eigenvalue weighted by Crippen LogP contribution is 2.13. The second-order valence-corrected chi connectivity index (χ2v) is 4.81. The Labute approximate surface area is 128 Å². The van der Waals surface area contributed by atoms with Gasteiger partial charge in [-0.25, -0.2) is 0 Å². The number of hydrazine groups is 1. The smallest absolute Gasteiger partial charge is 0.269 e. The fourth-order valence-electron chi connectivity index (χ4n) is 1.70. The van der Waals surface area contributed by atoms with E-state index in [0.29, 0.717) is 5.56 Å². The van der Waals surface area contributed by atoms with Crippen LogP contribution < -0.4 is 16.2 Å². The van der Waals surface area contributed by atoms with Gasteiger partial charge in [-0.15, -0.1) is 0 Å². The summed E-state index contributed by atoms with van der Waals surface area (Å²) in [5.74, 6) is -0.358.